The smallest absolute Gasteiger partial charge is 0.266 e. The lowest BCUT2D eigenvalue weighted by Gasteiger charge is -2.20. The van der Waals surface area contributed by atoms with Gasteiger partial charge in [-0.2, -0.15) is 9.97 Å². The summed E-state index contributed by atoms with van der Waals surface area (Å²) < 4.78 is 10.5. The molecule has 2 heterocycles. The van der Waals surface area contributed by atoms with Crippen molar-refractivity contribution < 1.29 is 9.05 Å². The standard InChI is InChI=1S/C13H19N5O2/c1-3-5-11-15-13(17-19-11)18(2)8-10-14-12(20-16-10)9-6-4-7-9/h9H,3-8H2,1-2H3. The van der Waals surface area contributed by atoms with Crippen molar-refractivity contribution in [3.05, 3.63) is 17.6 Å². The van der Waals surface area contributed by atoms with Crippen molar-refractivity contribution in [1.29, 1.82) is 0 Å². The summed E-state index contributed by atoms with van der Waals surface area (Å²) in [4.78, 5) is 10.6. The molecule has 0 radical (unpaired) electrons. The number of anilines is 1. The largest absolute Gasteiger partial charge is 0.339 e. The molecule has 0 atom stereocenters. The van der Waals surface area contributed by atoms with Crippen molar-refractivity contribution >= 4 is 5.95 Å². The van der Waals surface area contributed by atoms with Crippen LogP contribution in [0.3, 0.4) is 0 Å². The highest BCUT2D eigenvalue weighted by molar-refractivity contribution is 5.26. The third-order valence-corrected chi connectivity index (χ3v) is 3.58. The van der Waals surface area contributed by atoms with Crippen molar-refractivity contribution in [2.75, 3.05) is 11.9 Å². The molecular weight excluding hydrogens is 258 g/mol. The van der Waals surface area contributed by atoms with E-state index in [1.54, 1.807) is 0 Å². The van der Waals surface area contributed by atoms with Gasteiger partial charge in [-0.05, 0) is 24.4 Å². The Balaban J connectivity index is 1.62. The molecule has 2 aromatic rings. The van der Waals surface area contributed by atoms with Crippen molar-refractivity contribution in [3.63, 3.8) is 0 Å². The van der Waals surface area contributed by atoms with Gasteiger partial charge in [-0.3, -0.25) is 0 Å². The lowest BCUT2D eigenvalue weighted by Crippen LogP contribution is -2.19. The summed E-state index contributed by atoms with van der Waals surface area (Å²) in [6.07, 6.45) is 5.35. The summed E-state index contributed by atoms with van der Waals surface area (Å²) >= 11 is 0. The van der Waals surface area contributed by atoms with E-state index in [4.69, 9.17) is 9.05 Å². The van der Waals surface area contributed by atoms with Crippen molar-refractivity contribution in [3.8, 4) is 0 Å². The summed E-state index contributed by atoms with van der Waals surface area (Å²) in [7, 11) is 1.89. The SMILES string of the molecule is CCCc1nc(N(C)Cc2noc(C3CCC3)n2)no1. The molecule has 108 valence electrons. The second kappa shape index (κ2) is 5.60. The maximum atomic E-state index is 5.30. The normalized spacial score (nSPS) is 15.3. The first-order chi connectivity index (χ1) is 9.76. The van der Waals surface area contributed by atoms with Crippen LogP contribution in [0.5, 0.6) is 0 Å². The highest BCUT2D eigenvalue weighted by Gasteiger charge is 2.25. The number of nitrogens with zero attached hydrogens (tertiary/aromatic N) is 5. The Bertz CT molecular complexity index is 561. The topological polar surface area (TPSA) is 81.1 Å². The quantitative estimate of drug-likeness (QED) is 0.801. The first-order valence-electron chi connectivity index (χ1n) is 7.12. The molecule has 0 aromatic carbocycles. The predicted molar refractivity (Wildman–Crippen MR) is 71.3 cm³/mol. The fourth-order valence-corrected chi connectivity index (χ4v) is 2.15. The molecule has 1 saturated carbocycles. The molecule has 0 aliphatic heterocycles. The molecule has 2 aromatic heterocycles. The monoisotopic (exact) mass is 277 g/mol. The average Bonchev–Trinajstić information content (AvgIpc) is 2.97. The van der Waals surface area contributed by atoms with E-state index in [1.807, 2.05) is 11.9 Å². The molecule has 3 rings (SSSR count). The molecule has 0 unspecified atom stereocenters. The van der Waals surface area contributed by atoms with Gasteiger partial charge in [0.15, 0.2) is 5.82 Å². The lowest BCUT2D eigenvalue weighted by atomic mass is 9.85. The van der Waals surface area contributed by atoms with Gasteiger partial charge in [0.2, 0.25) is 11.8 Å². The number of rotatable bonds is 6. The second-order valence-electron chi connectivity index (χ2n) is 5.27. The first kappa shape index (κ1) is 13.1. The van der Waals surface area contributed by atoms with E-state index in [-0.39, 0.29) is 0 Å². The second-order valence-corrected chi connectivity index (χ2v) is 5.27. The van der Waals surface area contributed by atoms with Gasteiger partial charge in [-0.1, -0.05) is 18.5 Å². The van der Waals surface area contributed by atoms with Gasteiger partial charge in [0.25, 0.3) is 5.95 Å². The summed E-state index contributed by atoms with van der Waals surface area (Å²) in [5.41, 5.74) is 0. The van der Waals surface area contributed by atoms with E-state index < -0.39 is 0 Å². The fourth-order valence-electron chi connectivity index (χ4n) is 2.15. The third kappa shape index (κ3) is 2.66. The molecule has 1 aliphatic carbocycles. The van der Waals surface area contributed by atoms with Crippen LogP contribution in [-0.4, -0.2) is 27.3 Å². The lowest BCUT2D eigenvalue weighted by molar-refractivity contribution is 0.291. The zero-order valence-electron chi connectivity index (χ0n) is 11.9. The Kier molecular flexibility index (Phi) is 3.66. The van der Waals surface area contributed by atoms with Gasteiger partial charge in [0, 0.05) is 19.4 Å². The number of aryl methyl sites for hydroxylation is 1. The van der Waals surface area contributed by atoms with E-state index in [0.717, 1.165) is 31.6 Å². The molecule has 0 saturated heterocycles. The molecule has 0 spiro atoms. The first-order valence-corrected chi connectivity index (χ1v) is 7.12. The van der Waals surface area contributed by atoms with Crippen LogP contribution in [0.1, 0.15) is 56.1 Å². The van der Waals surface area contributed by atoms with E-state index in [0.29, 0.717) is 30.1 Å². The van der Waals surface area contributed by atoms with Crippen molar-refractivity contribution in [1.82, 2.24) is 20.3 Å². The molecule has 0 N–H and O–H groups in total. The van der Waals surface area contributed by atoms with Crippen LogP contribution in [0, 0.1) is 0 Å². The molecule has 0 bridgehead atoms. The predicted octanol–water partition coefficient (Wildman–Crippen LogP) is 2.31. The molecule has 20 heavy (non-hydrogen) atoms. The van der Waals surface area contributed by atoms with Crippen LogP contribution in [0.2, 0.25) is 0 Å². The molecular formula is C13H19N5O2. The van der Waals surface area contributed by atoms with E-state index in [9.17, 15) is 0 Å². The Morgan fingerprint density at radius 3 is 2.75 bits per heavy atom. The highest BCUT2D eigenvalue weighted by Crippen LogP contribution is 2.35. The molecule has 7 nitrogen and oxygen atoms in total. The third-order valence-electron chi connectivity index (χ3n) is 3.58. The number of aromatic nitrogens is 4. The van der Waals surface area contributed by atoms with Gasteiger partial charge in [-0.25, -0.2) is 0 Å². The maximum Gasteiger partial charge on any atom is 0.266 e. The minimum absolute atomic E-state index is 0.461. The molecule has 1 aliphatic rings. The van der Waals surface area contributed by atoms with Gasteiger partial charge >= 0.3 is 0 Å². The van der Waals surface area contributed by atoms with Crippen LogP contribution < -0.4 is 4.90 Å². The minimum atomic E-state index is 0.461. The molecule has 0 amide bonds. The van der Waals surface area contributed by atoms with E-state index in [2.05, 4.69) is 27.2 Å². The number of hydrogen-bond acceptors (Lipinski definition) is 7. The molecule has 7 heteroatoms. The highest BCUT2D eigenvalue weighted by atomic mass is 16.5. The zero-order valence-corrected chi connectivity index (χ0v) is 11.9. The van der Waals surface area contributed by atoms with Crippen molar-refractivity contribution in [2.45, 2.75) is 51.5 Å². The molecule has 1 fully saturated rings. The van der Waals surface area contributed by atoms with Crippen LogP contribution in [-0.2, 0) is 13.0 Å². The Morgan fingerprint density at radius 1 is 1.20 bits per heavy atom. The van der Waals surface area contributed by atoms with E-state index in [1.165, 1.54) is 6.42 Å². The van der Waals surface area contributed by atoms with E-state index >= 15 is 0 Å². The number of hydrogen-bond donors (Lipinski definition) is 0. The summed E-state index contributed by atoms with van der Waals surface area (Å²) in [6.45, 7) is 2.59. The van der Waals surface area contributed by atoms with Gasteiger partial charge in [0.05, 0.1) is 6.54 Å². The summed E-state index contributed by atoms with van der Waals surface area (Å²) in [6, 6.07) is 0. The van der Waals surface area contributed by atoms with Crippen molar-refractivity contribution in [2.24, 2.45) is 0 Å². The van der Waals surface area contributed by atoms with Crippen LogP contribution in [0.4, 0.5) is 5.95 Å². The minimum Gasteiger partial charge on any atom is -0.339 e. The summed E-state index contributed by atoms with van der Waals surface area (Å²) in [5.74, 6) is 3.11. The Hall–Kier alpha value is -1.92. The Morgan fingerprint density at radius 2 is 2.05 bits per heavy atom. The van der Waals surface area contributed by atoms with Gasteiger partial charge in [-0.15, -0.1) is 0 Å². The average molecular weight is 277 g/mol. The zero-order chi connectivity index (χ0) is 13.9. The fraction of sp³-hybridized carbons (Fsp3) is 0.692. The van der Waals surface area contributed by atoms with Crippen LogP contribution in [0.15, 0.2) is 9.05 Å². The summed E-state index contributed by atoms with van der Waals surface area (Å²) in [5, 5.41) is 7.97. The Labute approximate surface area is 117 Å². The van der Waals surface area contributed by atoms with Crippen LogP contribution >= 0.6 is 0 Å². The van der Waals surface area contributed by atoms with Crippen LogP contribution in [0.25, 0.3) is 0 Å². The maximum absolute atomic E-state index is 5.30. The van der Waals surface area contributed by atoms with Gasteiger partial charge < -0.3 is 13.9 Å². The van der Waals surface area contributed by atoms with Gasteiger partial charge in [0.1, 0.15) is 0 Å².